The van der Waals surface area contributed by atoms with Gasteiger partial charge >= 0.3 is 0 Å². The van der Waals surface area contributed by atoms with E-state index < -0.39 is 0 Å². The molecule has 0 radical (unpaired) electrons. The van der Waals surface area contributed by atoms with Crippen LogP contribution in [0.15, 0.2) is 60.8 Å². The molecular formula is C26H27FN6O2. The van der Waals surface area contributed by atoms with Crippen molar-refractivity contribution in [2.24, 2.45) is 0 Å². The van der Waals surface area contributed by atoms with E-state index in [9.17, 15) is 14.6 Å². The summed E-state index contributed by atoms with van der Waals surface area (Å²) in [5, 5.41) is 20.0. The average molecular weight is 475 g/mol. The van der Waals surface area contributed by atoms with Crippen LogP contribution in [0.4, 0.5) is 10.3 Å². The summed E-state index contributed by atoms with van der Waals surface area (Å²) in [6.45, 7) is 1.63. The molecule has 0 fully saturated rings. The number of aliphatic hydroxyl groups excluding tert-OH is 1. The summed E-state index contributed by atoms with van der Waals surface area (Å²) >= 11 is 0. The molecule has 2 aromatic heterocycles. The van der Waals surface area contributed by atoms with Gasteiger partial charge in [-0.15, -0.1) is 0 Å². The van der Waals surface area contributed by atoms with Gasteiger partial charge < -0.3 is 20.5 Å². The lowest BCUT2D eigenvalue weighted by atomic mass is 10.1. The number of anilines is 1. The normalized spacial score (nSPS) is 15.0. The molecule has 3 heterocycles. The first-order chi connectivity index (χ1) is 17.0. The highest BCUT2D eigenvalue weighted by molar-refractivity contribution is 5.78. The topological polar surface area (TPSA) is 113 Å². The van der Waals surface area contributed by atoms with Crippen LogP contribution in [-0.2, 0) is 13.0 Å². The van der Waals surface area contributed by atoms with Crippen LogP contribution >= 0.6 is 0 Å². The Morgan fingerprint density at radius 3 is 2.63 bits per heavy atom. The summed E-state index contributed by atoms with van der Waals surface area (Å²) < 4.78 is 15.8. The molecule has 2 aromatic carbocycles. The molecular weight excluding hydrogens is 447 g/mol. The van der Waals surface area contributed by atoms with Crippen molar-refractivity contribution in [3.63, 3.8) is 0 Å². The van der Waals surface area contributed by atoms with Crippen molar-refractivity contribution >= 4 is 5.95 Å². The number of hydrogen-bond donors (Lipinski definition) is 3. The predicted molar refractivity (Wildman–Crippen MR) is 131 cm³/mol. The number of nitrogens with two attached hydrogens (primary N) is 1. The Labute approximate surface area is 202 Å². The number of aromatic hydroxyl groups is 1. The van der Waals surface area contributed by atoms with Gasteiger partial charge in [-0.2, -0.15) is 0 Å². The first-order valence-electron chi connectivity index (χ1n) is 11.6. The van der Waals surface area contributed by atoms with Crippen LogP contribution in [0.2, 0.25) is 0 Å². The van der Waals surface area contributed by atoms with Gasteiger partial charge in [-0.05, 0) is 42.8 Å². The minimum Gasteiger partial charge on any atom is -0.508 e. The zero-order valence-corrected chi connectivity index (χ0v) is 19.2. The largest absolute Gasteiger partial charge is 0.508 e. The van der Waals surface area contributed by atoms with Crippen LogP contribution in [-0.4, -0.2) is 54.3 Å². The summed E-state index contributed by atoms with van der Waals surface area (Å²) in [5.41, 5.74) is 9.69. The molecule has 0 bridgehead atoms. The van der Waals surface area contributed by atoms with E-state index in [4.69, 9.17) is 10.7 Å². The first kappa shape index (κ1) is 22.9. The summed E-state index contributed by atoms with van der Waals surface area (Å²) in [4.78, 5) is 15.6. The summed E-state index contributed by atoms with van der Waals surface area (Å²) in [7, 11) is 0. The second-order valence-electron chi connectivity index (χ2n) is 8.68. The summed E-state index contributed by atoms with van der Waals surface area (Å²) in [6.07, 6.45) is 3.28. The molecule has 8 nitrogen and oxygen atoms in total. The lowest BCUT2D eigenvalue weighted by Gasteiger charge is -2.27. The molecule has 35 heavy (non-hydrogen) atoms. The number of benzene rings is 2. The van der Waals surface area contributed by atoms with Gasteiger partial charge in [0.25, 0.3) is 0 Å². The van der Waals surface area contributed by atoms with Crippen molar-refractivity contribution < 1.29 is 14.6 Å². The highest BCUT2D eigenvalue weighted by atomic mass is 19.1. The van der Waals surface area contributed by atoms with E-state index in [0.29, 0.717) is 25.3 Å². The average Bonchev–Trinajstić information content (AvgIpc) is 3.41. The van der Waals surface area contributed by atoms with Crippen molar-refractivity contribution in [3.05, 3.63) is 78.0 Å². The molecule has 5 rings (SSSR count). The second-order valence-corrected chi connectivity index (χ2v) is 8.68. The van der Waals surface area contributed by atoms with E-state index in [0.717, 1.165) is 41.2 Å². The maximum Gasteiger partial charge on any atom is 0.220 e. The lowest BCUT2D eigenvalue weighted by molar-refractivity contribution is 0.170. The number of para-hydroxylation sites is 1. The Morgan fingerprint density at radius 2 is 1.89 bits per heavy atom. The number of nitrogen functional groups attached to an aromatic ring is 1. The maximum atomic E-state index is 13.6. The van der Waals surface area contributed by atoms with Crippen molar-refractivity contribution in [2.45, 2.75) is 25.4 Å². The number of fused-ring (bicyclic) bond motifs is 1. The van der Waals surface area contributed by atoms with Gasteiger partial charge in [0.15, 0.2) is 0 Å². The third-order valence-corrected chi connectivity index (χ3v) is 6.36. The van der Waals surface area contributed by atoms with Crippen molar-refractivity contribution in [3.8, 4) is 28.4 Å². The van der Waals surface area contributed by atoms with Gasteiger partial charge in [0.05, 0.1) is 23.7 Å². The molecule has 0 amide bonds. The van der Waals surface area contributed by atoms with Gasteiger partial charge in [-0.1, -0.05) is 18.2 Å². The third kappa shape index (κ3) is 4.73. The first-order valence-corrected chi connectivity index (χ1v) is 11.6. The van der Waals surface area contributed by atoms with Gasteiger partial charge in [0, 0.05) is 49.4 Å². The lowest BCUT2D eigenvalue weighted by Crippen LogP contribution is -2.32. The maximum absolute atomic E-state index is 13.6. The molecule has 0 saturated carbocycles. The fourth-order valence-corrected chi connectivity index (χ4v) is 4.77. The fourth-order valence-electron chi connectivity index (χ4n) is 4.77. The minimum atomic E-state index is -0.310. The molecule has 180 valence electrons. The van der Waals surface area contributed by atoms with Crippen LogP contribution in [0.25, 0.3) is 22.6 Å². The molecule has 1 atom stereocenters. The van der Waals surface area contributed by atoms with Crippen LogP contribution in [0.5, 0.6) is 5.75 Å². The Morgan fingerprint density at radius 1 is 1.09 bits per heavy atom. The molecule has 0 aliphatic carbocycles. The molecule has 4 N–H and O–H groups in total. The molecule has 4 aromatic rings. The number of phenols is 1. The molecule has 0 saturated heterocycles. The number of aromatic nitrogens is 4. The molecule has 0 spiro atoms. The minimum absolute atomic E-state index is 0.00717. The fraction of sp³-hybridized carbons (Fsp3) is 0.269. The van der Waals surface area contributed by atoms with Crippen molar-refractivity contribution in [1.29, 1.82) is 0 Å². The predicted octanol–water partition coefficient (Wildman–Crippen LogP) is 3.42. The number of aliphatic hydroxyl groups is 1. The second kappa shape index (κ2) is 9.81. The van der Waals surface area contributed by atoms with Crippen LogP contribution < -0.4 is 5.73 Å². The van der Waals surface area contributed by atoms with Crippen molar-refractivity contribution in [2.75, 3.05) is 25.4 Å². The Bertz CT molecular complexity index is 1320. The number of imidazole rings is 1. The summed E-state index contributed by atoms with van der Waals surface area (Å²) in [5.74, 6) is 1.02. The molecule has 1 aliphatic rings. The quantitative estimate of drug-likeness (QED) is 0.359. The number of nitrogens with zero attached hydrogens (tertiary/aromatic N) is 5. The van der Waals surface area contributed by atoms with Crippen LogP contribution in [0.1, 0.15) is 23.9 Å². The Kier molecular flexibility index (Phi) is 6.43. The molecule has 1 aliphatic heterocycles. The van der Waals surface area contributed by atoms with E-state index in [1.807, 2.05) is 12.1 Å². The van der Waals surface area contributed by atoms with Gasteiger partial charge in [-0.3, -0.25) is 4.90 Å². The van der Waals surface area contributed by atoms with Crippen LogP contribution in [0, 0.1) is 5.82 Å². The van der Waals surface area contributed by atoms with Crippen molar-refractivity contribution in [1.82, 2.24) is 24.4 Å². The number of phenolic OH excluding ortho intramolecular Hbond substituents is 1. The van der Waals surface area contributed by atoms with E-state index >= 15 is 0 Å². The van der Waals surface area contributed by atoms with E-state index in [1.54, 1.807) is 36.5 Å². The number of hydrogen-bond acceptors (Lipinski definition) is 7. The zero-order chi connectivity index (χ0) is 24.4. The smallest absolute Gasteiger partial charge is 0.220 e. The SMILES string of the molecule is Nc1nccc(-c2c(-c3ccc(F)cc3)nc3n2C(CN(CCO)Cc2ccccc2O)CC3)n1. The Balaban J connectivity index is 1.54. The highest BCUT2D eigenvalue weighted by Crippen LogP contribution is 2.39. The number of aryl methyl sites for hydroxylation is 1. The summed E-state index contributed by atoms with van der Waals surface area (Å²) in [6, 6.07) is 15.4. The van der Waals surface area contributed by atoms with Crippen LogP contribution in [0.3, 0.4) is 0 Å². The van der Waals surface area contributed by atoms with Gasteiger partial charge in [-0.25, -0.2) is 19.3 Å². The number of rotatable bonds is 8. The standard InChI is InChI=1S/C26H27FN6O2/c27-19-7-5-17(6-8-19)24-25(21-11-12-29-26(28)30-21)33-20(9-10-23(33)31-24)16-32(13-14-34)15-18-3-1-2-4-22(18)35/h1-8,11-12,20,34-35H,9-10,13-16H2,(H2,28,29,30). The van der Waals surface area contributed by atoms with E-state index in [-0.39, 0.29) is 30.2 Å². The van der Waals surface area contributed by atoms with E-state index in [1.165, 1.54) is 12.1 Å². The molecule has 1 unspecified atom stereocenters. The third-order valence-electron chi connectivity index (χ3n) is 6.36. The van der Waals surface area contributed by atoms with E-state index in [2.05, 4.69) is 19.4 Å². The Hall–Kier alpha value is -3.82. The zero-order valence-electron chi connectivity index (χ0n) is 19.2. The molecule has 9 heteroatoms. The monoisotopic (exact) mass is 474 g/mol. The van der Waals surface area contributed by atoms with Gasteiger partial charge in [0.2, 0.25) is 5.95 Å². The van der Waals surface area contributed by atoms with Gasteiger partial charge in [0.1, 0.15) is 17.4 Å². The number of halogens is 1. The highest BCUT2D eigenvalue weighted by Gasteiger charge is 2.32.